The van der Waals surface area contributed by atoms with Crippen LogP contribution in [-0.2, 0) is 0 Å². The second-order valence-electron chi connectivity index (χ2n) is 3.39. The van der Waals surface area contributed by atoms with Gasteiger partial charge in [-0.15, -0.1) is 0 Å². The van der Waals surface area contributed by atoms with Gasteiger partial charge in [-0.3, -0.25) is 0 Å². The maximum Gasteiger partial charge on any atom is 1.00 e. The van der Waals surface area contributed by atoms with Crippen molar-refractivity contribution < 1.29 is 116 Å². The Bertz CT molecular complexity index is 344. The molecular formula is C14H12Rb2. The van der Waals surface area contributed by atoms with Crippen LogP contribution in [0.3, 0.4) is 0 Å². The van der Waals surface area contributed by atoms with Crippen LogP contribution in [-0.4, -0.2) is 0 Å². The second-order valence-corrected chi connectivity index (χ2v) is 3.39. The summed E-state index contributed by atoms with van der Waals surface area (Å²) >= 11 is 0. The molecule has 2 rings (SSSR count). The van der Waals surface area contributed by atoms with Gasteiger partial charge in [0, 0.05) is 0 Å². The van der Waals surface area contributed by atoms with Gasteiger partial charge in [0.1, 0.15) is 0 Å². The van der Waals surface area contributed by atoms with Gasteiger partial charge in [0.15, 0.2) is 0 Å². The molecule has 0 radical (unpaired) electrons. The van der Waals surface area contributed by atoms with Gasteiger partial charge in [-0.05, 0) is 5.92 Å². The van der Waals surface area contributed by atoms with Gasteiger partial charge in [0.25, 0.3) is 0 Å². The predicted molar refractivity (Wildman–Crippen MR) is 58.1 cm³/mol. The van der Waals surface area contributed by atoms with Crippen LogP contribution in [0.1, 0.15) is 24.0 Å². The van der Waals surface area contributed by atoms with Crippen LogP contribution >= 0.6 is 0 Å². The molecule has 70 valence electrons. The van der Waals surface area contributed by atoms with E-state index in [1.54, 1.807) is 0 Å². The molecule has 0 atom stereocenters. The molecule has 0 amide bonds. The zero-order valence-electron chi connectivity index (χ0n) is 10.2. The minimum Gasteiger partial charge on any atom is -0.184 e. The van der Waals surface area contributed by atoms with Gasteiger partial charge < -0.3 is 0 Å². The molecule has 0 aliphatic rings. The first-order valence-corrected chi connectivity index (χ1v) is 4.80. The zero-order valence-corrected chi connectivity index (χ0v) is 20.0. The summed E-state index contributed by atoms with van der Waals surface area (Å²) in [6.07, 6.45) is 0. The molecule has 2 aromatic rings. The van der Waals surface area contributed by atoms with Gasteiger partial charge >= 0.3 is 116 Å². The third-order valence-corrected chi connectivity index (χ3v) is 2.49. The number of rotatable bonds is 2. The Labute approximate surface area is 196 Å². The Morgan fingerprint density at radius 1 is 0.750 bits per heavy atom. The normalized spacial score (nSPS) is 9.12. The molecule has 0 fully saturated rings. The molecule has 2 heteroatoms. The van der Waals surface area contributed by atoms with E-state index in [2.05, 4.69) is 43.3 Å². The number of benzene rings is 2. The third kappa shape index (κ3) is 5.36. The van der Waals surface area contributed by atoms with Crippen LogP contribution in [0, 0.1) is 12.1 Å². The van der Waals surface area contributed by atoms with Crippen molar-refractivity contribution in [1.29, 1.82) is 0 Å². The average Bonchev–Trinajstić information content (AvgIpc) is 2.30. The Kier molecular flexibility index (Phi) is 11.2. The van der Waals surface area contributed by atoms with Gasteiger partial charge in [0.05, 0.1) is 0 Å². The van der Waals surface area contributed by atoms with Crippen LogP contribution in [0.5, 0.6) is 0 Å². The van der Waals surface area contributed by atoms with Crippen LogP contribution < -0.4 is 116 Å². The summed E-state index contributed by atoms with van der Waals surface area (Å²) in [7, 11) is 0. The molecule has 0 aromatic heterocycles. The first kappa shape index (κ1) is 18.1. The van der Waals surface area contributed by atoms with Crippen molar-refractivity contribution in [1.82, 2.24) is 0 Å². The summed E-state index contributed by atoms with van der Waals surface area (Å²) in [5.74, 6) is 0.444. The summed E-state index contributed by atoms with van der Waals surface area (Å²) in [6.45, 7) is 2.21. The summed E-state index contributed by atoms with van der Waals surface area (Å²) in [6, 6.07) is 22.4. The standard InChI is InChI=1S/C14H12.2Rb/c1-12(13-8-4-2-5-9-13)14-10-6-3-7-11-14;;/h4-12H,1H3;;/q-2;2*+1. The fraction of sp³-hybridized carbons (Fsp3) is 0.143. The molecule has 2 aromatic carbocycles. The molecule has 16 heavy (non-hydrogen) atoms. The Morgan fingerprint density at radius 3 is 1.38 bits per heavy atom. The summed E-state index contributed by atoms with van der Waals surface area (Å²) in [4.78, 5) is 0. The minimum atomic E-state index is 0. The Morgan fingerprint density at radius 2 is 1.06 bits per heavy atom. The van der Waals surface area contributed by atoms with E-state index in [0.717, 1.165) is 0 Å². The molecule has 0 aliphatic carbocycles. The van der Waals surface area contributed by atoms with E-state index in [1.165, 1.54) is 11.1 Å². The quantitative estimate of drug-likeness (QED) is 0.523. The second kappa shape index (κ2) is 9.91. The largest absolute Gasteiger partial charge is 1.00 e. The van der Waals surface area contributed by atoms with Crippen molar-refractivity contribution in [3.05, 3.63) is 71.8 Å². The zero-order chi connectivity index (χ0) is 9.80. The smallest absolute Gasteiger partial charge is 0.184 e. The van der Waals surface area contributed by atoms with E-state index in [1.807, 2.05) is 24.3 Å². The van der Waals surface area contributed by atoms with Gasteiger partial charge in [-0.2, -0.15) is 71.8 Å². The van der Waals surface area contributed by atoms with Gasteiger partial charge in [-0.1, -0.05) is 6.92 Å². The van der Waals surface area contributed by atoms with E-state index in [0.29, 0.717) is 5.92 Å². The molecule has 0 saturated heterocycles. The Hall–Kier alpha value is 2.05. The Balaban J connectivity index is 0.00000112. The van der Waals surface area contributed by atoms with E-state index in [-0.39, 0.29) is 116 Å². The maximum atomic E-state index is 3.03. The number of hydrogen-bond donors (Lipinski definition) is 0. The summed E-state index contributed by atoms with van der Waals surface area (Å²) < 4.78 is 0. The maximum absolute atomic E-state index is 3.03. The first-order chi connectivity index (χ1) is 6.88. The van der Waals surface area contributed by atoms with Crippen molar-refractivity contribution in [3.8, 4) is 0 Å². The van der Waals surface area contributed by atoms with Crippen LogP contribution in [0.4, 0.5) is 0 Å². The van der Waals surface area contributed by atoms with Crippen molar-refractivity contribution in [2.24, 2.45) is 0 Å². The third-order valence-electron chi connectivity index (χ3n) is 2.49. The van der Waals surface area contributed by atoms with E-state index >= 15 is 0 Å². The average molecular weight is 351 g/mol. The molecule has 0 unspecified atom stereocenters. The minimum absolute atomic E-state index is 0. The van der Waals surface area contributed by atoms with Crippen LogP contribution in [0.15, 0.2) is 48.5 Å². The summed E-state index contributed by atoms with van der Waals surface area (Å²) in [5, 5.41) is 0. The van der Waals surface area contributed by atoms with E-state index in [9.17, 15) is 0 Å². The van der Waals surface area contributed by atoms with Gasteiger partial charge in [0.2, 0.25) is 0 Å². The molecular weight excluding hydrogens is 339 g/mol. The topological polar surface area (TPSA) is 0 Å². The fourth-order valence-corrected chi connectivity index (χ4v) is 1.57. The van der Waals surface area contributed by atoms with Crippen LogP contribution in [0.25, 0.3) is 0 Å². The monoisotopic (exact) mass is 350 g/mol. The van der Waals surface area contributed by atoms with E-state index < -0.39 is 0 Å². The van der Waals surface area contributed by atoms with Crippen molar-refractivity contribution in [2.45, 2.75) is 12.8 Å². The van der Waals surface area contributed by atoms with E-state index in [4.69, 9.17) is 0 Å². The number of hydrogen-bond acceptors (Lipinski definition) is 0. The molecule has 0 aliphatic heterocycles. The van der Waals surface area contributed by atoms with Crippen molar-refractivity contribution in [2.75, 3.05) is 0 Å². The molecule has 0 nitrogen and oxygen atoms in total. The fourth-order valence-electron chi connectivity index (χ4n) is 1.57. The van der Waals surface area contributed by atoms with Gasteiger partial charge in [-0.25, -0.2) is 0 Å². The molecule has 0 bridgehead atoms. The van der Waals surface area contributed by atoms with Crippen LogP contribution in [0.2, 0.25) is 0 Å². The summed E-state index contributed by atoms with van der Waals surface area (Å²) in [5.41, 5.74) is 2.66. The predicted octanol–water partition coefficient (Wildman–Crippen LogP) is -2.55. The van der Waals surface area contributed by atoms with Crippen molar-refractivity contribution in [3.63, 3.8) is 0 Å². The molecule has 0 spiro atoms. The molecule has 0 heterocycles. The first-order valence-electron chi connectivity index (χ1n) is 4.80. The molecule has 0 N–H and O–H groups in total. The molecule has 0 saturated carbocycles. The van der Waals surface area contributed by atoms with Crippen molar-refractivity contribution >= 4 is 0 Å². The SMILES string of the molecule is CC(c1cc[c-]cc1)c1cc[c-]cc1.[Rb+].[Rb+].